The van der Waals surface area contributed by atoms with Crippen molar-refractivity contribution in [3.05, 3.63) is 6.33 Å². The van der Waals surface area contributed by atoms with E-state index in [1.54, 1.807) is 13.8 Å². The minimum absolute atomic E-state index is 0.0942. The molecule has 2 aromatic rings. The van der Waals surface area contributed by atoms with E-state index in [0.717, 1.165) is 4.90 Å². The third-order valence-electron chi connectivity index (χ3n) is 6.80. The predicted octanol–water partition coefficient (Wildman–Crippen LogP) is -0.236. The number of imidazole rings is 1. The van der Waals surface area contributed by atoms with Gasteiger partial charge < -0.3 is 39.6 Å². The van der Waals surface area contributed by atoms with Crippen LogP contribution < -0.4 is 20.9 Å². The van der Waals surface area contributed by atoms with Crippen molar-refractivity contribution in [1.82, 2.24) is 34.8 Å². The number of urea groups is 1. The zero-order valence-corrected chi connectivity index (χ0v) is 26.0. The van der Waals surface area contributed by atoms with Crippen LogP contribution in [0.25, 0.3) is 11.2 Å². The molecule has 43 heavy (non-hydrogen) atoms. The van der Waals surface area contributed by atoms with Gasteiger partial charge in [0, 0.05) is 12.8 Å². The fraction of sp³-hybridized carbons (Fsp3) is 0.652. The Morgan fingerprint density at radius 3 is 2.65 bits per heavy atom. The summed E-state index contributed by atoms with van der Waals surface area (Å²) in [5.41, 5.74) is 4.27. The van der Waals surface area contributed by atoms with Gasteiger partial charge in [0.25, 0.3) is 5.91 Å². The summed E-state index contributed by atoms with van der Waals surface area (Å²) in [6.07, 6.45) is -3.16. The Balaban J connectivity index is 1.54. The monoisotopic (exact) mass is 646 g/mol. The molecule has 4 rings (SSSR count). The second kappa shape index (κ2) is 12.5. The number of carbonyl (C=O) groups is 3. The van der Waals surface area contributed by atoms with Crippen LogP contribution in [0.15, 0.2) is 6.33 Å². The number of imide groups is 1. The number of likely N-dealkylation sites (N-methyl/N-ethyl adjacent to an activating group) is 1. The number of methoxy groups -OCH3 is 1. The van der Waals surface area contributed by atoms with Gasteiger partial charge in [-0.1, -0.05) is 11.4 Å². The molecule has 3 unspecified atom stereocenters. The molecule has 0 radical (unpaired) electrons. The fourth-order valence-corrected chi connectivity index (χ4v) is 8.43. The van der Waals surface area contributed by atoms with Crippen molar-refractivity contribution in [1.29, 1.82) is 0 Å². The zero-order valence-electron chi connectivity index (χ0n) is 24.3. The van der Waals surface area contributed by atoms with E-state index in [0.29, 0.717) is 11.4 Å². The molecule has 0 aliphatic carbocycles. The van der Waals surface area contributed by atoms with Gasteiger partial charge in [-0.25, -0.2) is 14.9 Å². The lowest BCUT2D eigenvalue weighted by Gasteiger charge is -2.27. The summed E-state index contributed by atoms with van der Waals surface area (Å²) in [5.74, 6) is -1.46. The molecule has 2 aliphatic heterocycles. The van der Waals surface area contributed by atoms with Gasteiger partial charge in [0.05, 0.1) is 26.1 Å². The highest BCUT2D eigenvalue weighted by Crippen LogP contribution is 2.57. The number of nitrogens with zero attached hydrogens (tertiary/aromatic N) is 5. The summed E-state index contributed by atoms with van der Waals surface area (Å²) >= 11 is 0.686. The molecule has 2 aliphatic rings. The minimum atomic E-state index is -4.05. The van der Waals surface area contributed by atoms with Crippen LogP contribution in [0.1, 0.15) is 33.9 Å². The van der Waals surface area contributed by atoms with E-state index in [4.69, 9.17) is 24.5 Å². The highest BCUT2D eigenvalue weighted by Gasteiger charge is 2.54. The summed E-state index contributed by atoms with van der Waals surface area (Å²) in [6.45, 7) is 1.49. The molecule has 2 aromatic heterocycles. The molecule has 0 aromatic carbocycles. The molecule has 7 atom stereocenters. The number of nitrogen functional groups attached to an aromatic ring is 1. The first-order chi connectivity index (χ1) is 20.1. The number of aromatic nitrogens is 4. The number of nitrogens with two attached hydrogens (primary N) is 1. The number of aliphatic hydroxyl groups is 2. The van der Waals surface area contributed by atoms with Crippen molar-refractivity contribution in [3.63, 3.8) is 0 Å². The normalized spacial score (nSPS) is 27.9. The molecular formula is C23H35N8O10PS. The average Bonchev–Trinajstić information content (AvgIpc) is 3.52. The van der Waals surface area contributed by atoms with E-state index in [1.165, 1.54) is 38.9 Å². The van der Waals surface area contributed by atoms with Crippen LogP contribution in [0.3, 0.4) is 0 Å². The van der Waals surface area contributed by atoms with Gasteiger partial charge in [0.2, 0.25) is 11.8 Å². The number of hydrogen-bond acceptors (Lipinski definition) is 15. The minimum Gasteiger partial charge on any atom is -0.479 e. The van der Waals surface area contributed by atoms with Crippen molar-refractivity contribution in [2.45, 2.75) is 69.9 Å². The molecule has 6 N–H and O–H groups in total. The van der Waals surface area contributed by atoms with Crippen LogP contribution in [-0.2, 0) is 28.2 Å². The molecular weight excluding hydrogens is 611 g/mol. The largest absolute Gasteiger partial charge is 0.479 e. The standard InChI is InChI=1S/C23H35N8O10PS/c1-10(2)40-19(34)11(3)29-42(37,43-8-12-17(33)27-22(35)30(12)5)39-7-13-15(32)23(4,36)20(41-13)31-9-25-14-16(31)26-21(24)28-18(14)38-6/h9-13,15,20,32,36H,7-8H2,1-6H3,(H,29,37)(H2,24,26,28)(H,27,33,35)/t11-,12?,13?,15-,20?,23-,42+/m1/s1. The SMILES string of the molecule is COc1nc(N)nc2c1ncn2C1OC(CO[P@@](=O)(N[C@H](C)C(=O)OC(C)C)SCC2C(=O)NC(=O)N2C)[C@@H](O)[C@@]1(C)O. The van der Waals surface area contributed by atoms with E-state index in [-0.39, 0.29) is 28.7 Å². The number of nitrogens with one attached hydrogen (secondary N) is 2. The number of hydrogen-bond donors (Lipinski definition) is 5. The number of aliphatic hydroxyl groups excluding tert-OH is 1. The average molecular weight is 647 g/mol. The lowest BCUT2D eigenvalue weighted by molar-refractivity contribution is -0.149. The number of fused-ring (bicyclic) bond motifs is 1. The van der Waals surface area contributed by atoms with Gasteiger partial charge in [-0.3, -0.25) is 24.0 Å². The third-order valence-corrected chi connectivity index (χ3v) is 10.9. The molecule has 0 bridgehead atoms. The molecule has 0 saturated carbocycles. The second-order valence-electron chi connectivity index (χ2n) is 10.5. The van der Waals surface area contributed by atoms with Gasteiger partial charge in [-0.05, 0) is 27.7 Å². The third kappa shape index (κ3) is 6.72. The first-order valence-electron chi connectivity index (χ1n) is 13.1. The summed E-state index contributed by atoms with van der Waals surface area (Å²) in [5, 5.41) is 27.1. The summed E-state index contributed by atoms with van der Waals surface area (Å²) < 4.78 is 37.5. The van der Waals surface area contributed by atoms with Gasteiger partial charge in [-0.2, -0.15) is 9.97 Å². The van der Waals surface area contributed by atoms with Crippen molar-refractivity contribution in [2.24, 2.45) is 0 Å². The van der Waals surface area contributed by atoms with E-state index in [9.17, 15) is 29.2 Å². The van der Waals surface area contributed by atoms with Gasteiger partial charge in [-0.15, -0.1) is 0 Å². The number of carbonyl (C=O) groups excluding carboxylic acids is 3. The Morgan fingerprint density at radius 1 is 1.35 bits per heavy atom. The Labute approximate surface area is 250 Å². The highest BCUT2D eigenvalue weighted by molar-refractivity contribution is 8.56. The first-order valence-corrected chi connectivity index (χ1v) is 16.3. The molecule has 18 nitrogen and oxygen atoms in total. The van der Waals surface area contributed by atoms with Crippen molar-refractivity contribution < 1.29 is 47.9 Å². The molecule has 2 fully saturated rings. The van der Waals surface area contributed by atoms with E-state index < -0.39 is 73.5 Å². The van der Waals surface area contributed by atoms with Crippen molar-refractivity contribution in [2.75, 3.05) is 32.3 Å². The maximum atomic E-state index is 14.0. The Kier molecular flexibility index (Phi) is 9.55. The number of rotatable bonds is 12. The van der Waals surface area contributed by atoms with Crippen LogP contribution in [0, 0.1) is 0 Å². The van der Waals surface area contributed by atoms with Crippen molar-refractivity contribution in [3.8, 4) is 5.88 Å². The molecule has 3 amide bonds. The van der Waals surface area contributed by atoms with Crippen LogP contribution in [0.5, 0.6) is 5.88 Å². The Bertz CT molecular complexity index is 1440. The Hall–Kier alpha value is -3.06. The van der Waals surface area contributed by atoms with Crippen LogP contribution in [0.2, 0.25) is 0 Å². The Morgan fingerprint density at radius 2 is 2.05 bits per heavy atom. The molecule has 20 heteroatoms. The molecule has 4 heterocycles. The lowest BCUT2D eigenvalue weighted by Crippen LogP contribution is -2.44. The number of amides is 3. The summed E-state index contributed by atoms with van der Waals surface area (Å²) in [6, 6.07) is -2.66. The number of anilines is 1. The topological polar surface area (TPSA) is 243 Å². The molecule has 2 saturated heterocycles. The van der Waals surface area contributed by atoms with E-state index in [1.807, 2.05) is 0 Å². The van der Waals surface area contributed by atoms with E-state index in [2.05, 4.69) is 25.4 Å². The lowest BCUT2D eigenvalue weighted by atomic mass is 9.96. The van der Waals surface area contributed by atoms with Crippen LogP contribution in [0.4, 0.5) is 10.7 Å². The molecule has 0 spiro atoms. The first kappa shape index (κ1) is 32.8. The van der Waals surface area contributed by atoms with Crippen LogP contribution in [-0.4, -0.2) is 115 Å². The van der Waals surface area contributed by atoms with Gasteiger partial charge >= 0.3 is 18.7 Å². The van der Waals surface area contributed by atoms with Crippen molar-refractivity contribution >= 4 is 53.1 Å². The fourth-order valence-electron chi connectivity index (χ4n) is 4.46. The number of esters is 1. The predicted molar refractivity (Wildman–Crippen MR) is 152 cm³/mol. The van der Waals surface area contributed by atoms with Crippen LogP contribution >= 0.6 is 18.1 Å². The number of ether oxygens (including phenoxy) is 3. The van der Waals surface area contributed by atoms with E-state index >= 15 is 0 Å². The highest BCUT2D eigenvalue weighted by atomic mass is 32.7. The quantitative estimate of drug-likeness (QED) is 0.114. The van der Waals surface area contributed by atoms with Gasteiger partial charge in [0.1, 0.15) is 29.9 Å². The second-order valence-corrected chi connectivity index (χ2v) is 14.8. The zero-order chi connectivity index (χ0) is 31.9. The smallest absolute Gasteiger partial charge is 0.327 e. The van der Waals surface area contributed by atoms with Gasteiger partial charge in [0.15, 0.2) is 17.4 Å². The maximum absolute atomic E-state index is 14.0. The summed E-state index contributed by atoms with van der Waals surface area (Å²) in [7, 11) is 2.79. The maximum Gasteiger partial charge on any atom is 0.327 e. The summed E-state index contributed by atoms with van der Waals surface area (Å²) in [4.78, 5) is 50.1. The molecule has 238 valence electrons.